The Morgan fingerprint density at radius 3 is 2.45 bits per heavy atom. The summed E-state index contributed by atoms with van der Waals surface area (Å²) in [7, 11) is 0. The molecule has 0 radical (unpaired) electrons. The van der Waals surface area contributed by atoms with E-state index < -0.39 is 0 Å². The van der Waals surface area contributed by atoms with Crippen LogP contribution in [0.3, 0.4) is 0 Å². The normalized spacial score (nSPS) is 10.2. The molecule has 1 aromatic rings. The van der Waals surface area contributed by atoms with Crippen molar-refractivity contribution < 1.29 is 0 Å². The van der Waals surface area contributed by atoms with Gasteiger partial charge in [0.15, 0.2) is 0 Å². The zero-order chi connectivity index (χ0) is 8.43. The lowest BCUT2D eigenvalue weighted by Crippen LogP contribution is -1.81. The quantitative estimate of drug-likeness (QED) is 0.522. The second-order valence-corrected chi connectivity index (χ2v) is 3.96. The van der Waals surface area contributed by atoms with E-state index in [2.05, 4.69) is 15.9 Å². The first-order chi connectivity index (χ1) is 5.15. The van der Waals surface area contributed by atoms with Crippen molar-refractivity contribution in [3.63, 3.8) is 0 Å². The third-order valence-electron chi connectivity index (χ3n) is 1.21. The van der Waals surface area contributed by atoms with Crippen molar-refractivity contribution >= 4 is 50.7 Å². The molecule has 0 atom stereocenters. The van der Waals surface area contributed by atoms with Gasteiger partial charge in [0.25, 0.3) is 0 Å². The van der Waals surface area contributed by atoms with Crippen LogP contribution in [0.2, 0.25) is 10.0 Å². The fraction of sp³-hybridized carbons (Fsp3) is 0.143. The second kappa shape index (κ2) is 3.99. The van der Waals surface area contributed by atoms with E-state index in [4.69, 9.17) is 34.8 Å². The fourth-order valence-electron chi connectivity index (χ4n) is 0.707. The molecule has 0 saturated heterocycles. The molecule has 11 heavy (non-hydrogen) atoms. The number of alkyl halides is 1. The summed E-state index contributed by atoms with van der Waals surface area (Å²) in [5.74, 6) is 0.373. The van der Waals surface area contributed by atoms with E-state index in [0.717, 1.165) is 10.0 Å². The molecule has 0 amide bonds. The van der Waals surface area contributed by atoms with Gasteiger partial charge in [-0.05, 0) is 17.7 Å². The summed E-state index contributed by atoms with van der Waals surface area (Å²) in [4.78, 5) is 0. The maximum Gasteiger partial charge on any atom is 0.0637 e. The summed E-state index contributed by atoms with van der Waals surface area (Å²) < 4.78 is 0.891. The van der Waals surface area contributed by atoms with Crippen molar-refractivity contribution in [2.45, 2.75) is 5.88 Å². The summed E-state index contributed by atoms with van der Waals surface area (Å²) in [6.45, 7) is 0. The highest BCUT2D eigenvalue weighted by molar-refractivity contribution is 9.10. The van der Waals surface area contributed by atoms with Crippen LogP contribution in [-0.4, -0.2) is 0 Å². The Morgan fingerprint density at radius 1 is 1.27 bits per heavy atom. The molecular weight excluding hydrogens is 270 g/mol. The predicted molar refractivity (Wildman–Crippen MR) is 53.7 cm³/mol. The summed E-state index contributed by atoms with van der Waals surface area (Å²) in [6.07, 6.45) is 0. The molecule has 0 unspecified atom stereocenters. The van der Waals surface area contributed by atoms with Crippen molar-refractivity contribution in [3.05, 3.63) is 32.2 Å². The van der Waals surface area contributed by atoms with E-state index in [1.165, 1.54) is 0 Å². The van der Waals surface area contributed by atoms with Crippen LogP contribution in [-0.2, 0) is 5.88 Å². The average Bonchev–Trinajstić information content (AvgIpc) is 1.96. The van der Waals surface area contributed by atoms with E-state index in [-0.39, 0.29) is 0 Å². The summed E-state index contributed by atoms with van der Waals surface area (Å²) >= 11 is 20.5. The van der Waals surface area contributed by atoms with Gasteiger partial charge in [-0.3, -0.25) is 0 Å². The summed E-state index contributed by atoms with van der Waals surface area (Å²) in [6, 6.07) is 3.58. The van der Waals surface area contributed by atoms with E-state index in [9.17, 15) is 0 Å². The Hall–Kier alpha value is 0.570. The highest BCUT2D eigenvalue weighted by atomic mass is 79.9. The molecule has 0 aliphatic rings. The van der Waals surface area contributed by atoms with Gasteiger partial charge in [-0.15, -0.1) is 11.6 Å². The number of rotatable bonds is 1. The van der Waals surface area contributed by atoms with Crippen molar-refractivity contribution in [2.75, 3.05) is 0 Å². The lowest BCUT2D eigenvalue weighted by molar-refractivity contribution is 1.39. The van der Waals surface area contributed by atoms with Gasteiger partial charge in [0.1, 0.15) is 0 Å². The van der Waals surface area contributed by atoms with Gasteiger partial charge in [-0.1, -0.05) is 39.1 Å². The molecule has 0 aliphatic carbocycles. The molecule has 4 heteroatoms. The van der Waals surface area contributed by atoms with Crippen LogP contribution < -0.4 is 0 Å². The first kappa shape index (κ1) is 9.66. The average molecular weight is 274 g/mol. The first-order valence-electron chi connectivity index (χ1n) is 2.84. The smallest absolute Gasteiger partial charge is 0.0637 e. The highest BCUT2D eigenvalue weighted by Crippen LogP contribution is 2.30. The zero-order valence-electron chi connectivity index (χ0n) is 5.37. The molecule has 0 saturated carbocycles. The number of halogens is 4. The fourth-order valence-corrected chi connectivity index (χ4v) is 2.04. The number of hydrogen-bond acceptors (Lipinski definition) is 0. The van der Waals surface area contributed by atoms with Gasteiger partial charge in [0.2, 0.25) is 0 Å². The first-order valence-corrected chi connectivity index (χ1v) is 4.93. The molecular formula is C7H4BrCl3. The Kier molecular flexibility index (Phi) is 3.51. The lowest BCUT2D eigenvalue weighted by Gasteiger charge is -2.02. The largest absolute Gasteiger partial charge is 0.121 e. The van der Waals surface area contributed by atoms with Crippen molar-refractivity contribution in [1.82, 2.24) is 0 Å². The van der Waals surface area contributed by atoms with Gasteiger partial charge < -0.3 is 0 Å². The molecule has 0 spiro atoms. The Balaban J connectivity index is 3.24. The predicted octanol–water partition coefficient (Wildman–Crippen LogP) is 4.49. The minimum Gasteiger partial charge on any atom is -0.121 e. The van der Waals surface area contributed by atoms with Crippen LogP contribution in [0.5, 0.6) is 0 Å². The van der Waals surface area contributed by atoms with Crippen molar-refractivity contribution in [3.8, 4) is 0 Å². The maximum atomic E-state index is 5.83. The van der Waals surface area contributed by atoms with Gasteiger partial charge in [0.05, 0.1) is 10.0 Å². The molecule has 0 N–H and O–H groups in total. The molecule has 1 rings (SSSR count). The zero-order valence-corrected chi connectivity index (χ0v) is 9.23. The van der Waals surface area contributed by atoms with E-state index >= 15 is 0 Å². The van der Waals surface area contributed by atoms with Gasteiger partial charge in [0, 0.05) is 10.4 Å². The van der Waals surface area contributed by atoms with Gasteiger partial charge in [-0.25, -0.2) is 0 Å². The van der Waals surface area contributed by atoms with Crippen LogP contribution in [0.15, 0.2) is 16.6 Å². The number of benzene rings is 1. The molecule has 0 fully saturated rings. The van der Waals surface area contributed by atoms with Crippen molar-refractivity contribution in [1.29, 1.82) is 0 Å². The van der Waals surface area contributed by atoms with Crippen LogP contribution in [0, 0.1) is 0 Å². The topological polar surface area (TPSA) is 0 Å². The third kappa shape index (κ3) is 2.25. The number of hydrogen-bond donors (Lipinski definition) is 0. The highest BCUT2D eigenvalue weighted by Gasteiger charge is 2.04. The molecule has 0 heterocycles. The van der Waals surface area contributed by atoms with E-state index in [1.54, 1.807) is 6.07 Å². The van der Waals surface area contributed by atoms with Crippen LogP contribution in [0.1, 0.15) is 5.56 Å². The Morgan fingerprint density at radius 2 is 1.91 bits per heavy atom. The summed E-state index contributed by atoms with van der Waals surface area (Å²) in [5, 5.41) is 1.06. The minimum absolute atomic E-state index is 0.373. The molecule has 0 bridgehead atoms. The SMILES string of the molecule is ClCc1cc(Br)cc(Cl)c1Cl. The minimum atomic E-state index is 0.373. The van der Waals surface area contributed by atoms with Crippen LogP contribution in [0.4, 0.5) is 0 Å². The molecule has 0 aliphatic heterocycles. The monoisotopic (exact) mass is 272 g/mol. The van der Waals surface area contributed by atoms with Crippen molar-refractivity contribution in [2.24, 2.45) is 0 Å². The van der Waals surface area contributed by atoms with Crippen LogP contribution in [0.25, 0.3) is 0 Å². The second-order valence-electron chi connectivity index (χ2n) is 1.99. The Bertz CT molecular complexity index is 273. The lowest BCUT2D eigenvalue weighted by atomic mass is 10.2. The van der Waals surface area contributed by atoms with E-state index in [1.807, 2.05) is 6.07 Å². The molecule has 0 nitrogen and oxygen atoms in total. The standard InChI is InChI=1S/C7H4BrCl3/c8-5-1-4(3-9)7(11)6(10)2-5/h1-2H,3H2. The maximum absolute atomic E-state index is 5.83. The molecule has 1 aromatic carbocycles. The Labute approximate surface area is 88.6 Å². The van der Waals surface area contributed by atoms with Gasteiger partial charge in [-0.2, -0.15) is 0 Å². The molecule has 0 aromatic heterocycles. The third-order valence-corrected chi connectivity index (χ3v) is 2.80. The van der Waals surface area contributed by atoms with E-state index in [0.29, 0.717) is 15.9 Å². The molecule has 60 valence electrons. The van der Waals surface area contributed by atoms with Crippen LogP contribution >= 0.6 is 50.7 Å². The summed E-state index contributed by atoms with van der Waals surface area (Å²) in [5.41, 5.74) is 0.840. The van der Waals surface area contributed by atoms with Gasteiger partial charge >= 0.3 is 0 Å².